The monoisotopic (exact) mass is 311 g/mol. The van der Waals surface area contributed by atoms with Crippen molar-refractivity contribution < 1.29 is 9.47 Å². The molecule has 0 radical (unpaired) electrons. The van der Waals surface area contributed by atoms with Gasteiger partial charge in [-0.15, -0.1) is 0 Å². The summed E-state index contributed by atoms with van der Waals surface area (Å²) in [6.45, 7) is 5.61. The molecule has 1 aromatic carbocycles. The fourth-order valence-corrected chi connectivity index (χ4v) is 2.85. The summed E-state index contributed by atoms with van der Waals surface area (Å²) in [7, 11) is 0. The van der Waals surface area contributed by atoms with Crippen molar-refractivity contribution in [3.63, 3.8) is 0 Å². The summed E-state index contributed by atoms with van der Waals surface area (Å²) in [5.41, 5.74) is 7.26. The molecule has 1 fully saturated rings. The fourth-order valence-electron chi connectivity index (χ4n) is 2.13. The fraction of sp³-hybridized carbons (Fsp3) is 0.571. The highest BCUT2D eigenvalue weighted by molar-refractivity contribution is 9.10. The lowest BCUT2D eigenvalue weighted by molar-refractivity contribution is 0.140. The summed E-state index contributed by atoms with van der Waals surface area (Å²) in [6.07, 6.45) is 2.08. The Morgan fingerprint density at radius 3 is 2.22 bits per heavy atom. The van der Waals surface area contributed by atoms with Crippen molar-refractivity contribution in [2.24, 2.45) is 11.1 Å². The number of halogens is 1. The van der Waals surface area contributed by atoms with Gasteiger partial charge < -0.3 is 15.2 Å². The summed E-state index contributed by atoms with van der Waals surface area (Å²) in [6, 6.07) is 4.02. The minimum Gasteiger partial charge on any atom is -0.489 e. The molecule has 1 aliphatic carbocycles. The second-order valence-electron chi connectivity index (χ2n) is 6.18. The van der Waals surface area contributed by atoms with E-state index in [4.69, 9.17) is 15.2 Å². The van der Waals surface area contributed by atoms with Crippen LogP contribution >= 0.6 is 15.9 Å². The maximum atomic E-state index is 6.27. The Morgan fingerprint density at radius 1 is 1.11 bits per heavy atom. The first-order chi connectivity index (χ1) is 8.40. The minimum absolute atomic E-state index is 0.0334. The van der Waals surface area contributed by atoms with Gasteiger partial charge in [-0.1, -0.05) is 29.8 Å². The Bertz CT molecular complexity index is 495. The molecule has 0 bridgehead atoms. The van der Waals surface area contributed by atoms with Crippen molar-refractivity contribution in [1.82, 2.24) is 0 Å². The van der Waals surface area contributed by atoms with Crippen molar-refractivity contribution >= 4 is 15.9 Å². The molecule has 0 spiro atoms. The van der Waals surface area contributed by atoms with Crippen LogP contribution in [0.25, 0.3) is 0 Å². The first-order valence-electron chi connectivity index (χ1n) is 6.28. The van der Waals surface area contributed by atoms with Crippen molar-refractivity contribution in [1.29, 1.82) is 0 Å². The molecule has 3 rings (SSSR count). The molecule has 1 saturated carbocycles. The van der Waals surface area contributed by atoms with Gasteiger partial charge >= 0.3 is 0 Å². The zero-order chi connectivity index (χ0) is 13.0. The molecule has 3 nitrogen and oxygen atoms in total. The molecular formula is C14H18BrNO2. The van der Waals surface area contributed by atoms with Crippen molar-refractivity contribution in [3.05, 3.63) is 22.2 Å². The predicted octanol–water partition coefficient (Wildman–Crippen LogP) is 3.19. The summed E-state index contributed by atoms with van der Waals surface area (Å²) < 4.78 is 12.7. The molecule has 0 aromatic heterocycles. The van der Waals surface area contributed by atoms with E-state index in [1.165, 1.54) is 0 Å². The van der Waals surface area contributed by atoms with Gasteiger partial charge in [0, 0.05) is 15.4 Å². The first-order valence-corrected chi connectivity index (χ1v) is 7.08. The van der Waals surface area contributed by atoms with Crippen LogP contribution in [0, 0.1) is 5.41 Å². The second kappa shape index (κ2) is 3.87. The molecule has 2 aliphatic rings. The Balaban J connectivity index is 1.99. The molecule has 98 valence electrons. The SMILES string of the molecule is CC1(C)COc2cc(Br)c(C3(N)CC3)cc2OC1. The molecule has 0 amide bonds. The van der Waals surface area contributed by atoms with Gasteiger partial charge in [-0.2, -0.15) is 0 Å². The van der Waals surface area contributed by atoms with Crippen LogP contribution in [0.4, 0.5) is 0 Å². The molecule has 18 heavy (non-hydrogen) atoms. The van der Waals surface area contributed by atoms with Crippen LogP contribution in [-0.2, 0) is 5.54 Å². The van der Waals surface area contributed by atoms with Crippen LogP contribution in [0.2, 0.25) is 0 Å². The molecule has 0 atom stereocenters. The average molecular weight is 312 g/mol. The third-order valence-corrected chi connectivity index (χ3v) is 4.25. The number of benzene rings is 1. The van der Waals surface area contributed by atoms with Gasteiger partial charge in [0.1, 0.15) is 0 Å². The quantitative estimate of drug-likeness (QED) is 0.866. The molecule has 2 N–H and O–H groups in total. The standard InChI is InChI=1S/C14H18BrNO2/c1-13(2)7-17-11-5-9(14(16)3-4-14)10(15)6-12(11)18-8-13/h5-6H,3-4,7-8,16H2,1-2H3. The van der Waals surface area contributed by atoms with Gasteiger partial charge in [0.2, 0.25) is 0 Å². The largest absolute Gasteiger partial charge is 0.489 e. The first kappa shape index (κ1) is 12.3. The Kier molecular flexibility index (Phi) is 2.65. The summed E-state index contributed by atoms with van der Waals surface area (Å²) in [5.74, 6) is 1.62. The van der Waals surface area contributed by atoms with E-state index in [-0.39, 0.29) is 11.0 Å². The zero-order valence-corrected chi connectivity index (χ0v) is 12.3. The average Bonchev–Trinajstić information content (AvgIpc) is 3.05. The van der Waals surface area contributed by atoms with E-state index in [2.05, 4.69) is 29.8 Å². The highest BCUT2D eigenvalue weighted by Crippen LogP contribution is 2.49. The van der Waals surface area contributed by atoms with Crippen LogP contribution in [0.5, 0.6) is 11.5 Å². The van der Waals surface area contributed by atoms with E-state index in [1.807, 2.05) is 12.1 Å². The molecule has 0 unspecified atom stereocenters. The van der Waals surface area contributed by atoms with Gasteiger partial charge in [-0.25, -0.2) is 0 Å². The number of hydrogen-bond donors (Lipinski definition) is 1. The van der Waals surface area contributed by atoms with E-state index in [0.717, 1.165) is 34.4 Å². The summed E-state index contributed by atoms with van der Waals surface area (Å²) in [4.78, 5) is 0. The van der Waals surface area contributed by atoms with Crippen molar-refractivity contribution in [3.8, 4) is 11.5 Å². The zero-order valence-electron chi connectivity index (χ0n) is 10.8. The van der Waals surface area contributed by atoms with E-state index >= 15 is 0 Å². The van der Waals surface area contributed by atoms with Gasteiger partial charge in [0.05, 0.1) is 13.2 Å². The number of hydrogen-bond acceptors (Lipinski definition) is 3. The van der Waals surface area contributed by atoms with Gasteiger partial charge in [0.15, 0.2) is 11.5 Å². The lowest BCUT2D eigenvalue weighted by Gasteiger charge is -2.19. The highest BCUT2D eigenvalue weighted by atomic mass is 79.9. The van der Waals surface area contributed by atoms with Crippen LogP contribution in [-0.4, -0.2) is 13.2 Å². The number of ether oxygens (including phenoxy) is 2. The van der Waals surface area contributed by atoms with Crippen molar-refractivity contribution in [2.45, 2.75) is 32.2 Å². The Morgan fingerprint density at radius 2 is 1.67 bits per heavy atom. The highest BCUT2D eigenvalue weighted by Gasteiger charge is 2.42. The predicted molar refractivity (Wildman–Crippen MR) is 74.0 cm³/mol. The van der Waals surface area contributed by atoms with Gasteiger partial charge in [-0.3, -0.25) is 0 Å². The van der Waals surface area contributed by atoms with Crippen LogP contribution in [0.1, 0.15) is 32.3 Å². The molecule has 0 saturated heterocycles. The molecule has 4 heteroatoms. The second-order valence-corrected chi connectivity index (χ2v) is 7.03. The van der Waals surface area contributed by atoms with Gasteiger partial charge in [0.25, 0.3) is 0 Å². The lowest BCUT2D eigenvalue weighted by atomic mass is 9.97. The smallest absolute Gasteiger partial charge is 0.162 e. The van der Waals surface area contributed by atoms with Crippen molar-refractivity contribution in [2.75, 3.05) is 13.2 Å². The molecular weight excluding hydrogens is 294 g/mol. The van der Waals surface area contributed by atoms with E-state index in [9.17, 15) is 0 Å². The van der Waals surface area contributed by atoms with Crippen LogP contribution < -0.4 is 15.2 Å². The van der Waals surface area contributed by atoms with E-state index in [0.29, 0.717) is 13.2 Å². The third-order valence-electron chi connectivity index (χ3n) is 3.60. The molecule has 1 heterocycles. The lowest BCUT2D eigenvalue weighted by Crippen LogP contribution is -2.26. The molecule has 1 aromatic rings. The van der Waals surface area contributed by atoms with E-state index < -0.39 is 0 Å². The minimum atomic E-state index is -0.168. The maximum Gasteiger partial charge on any atom is 0.162 e. The van der Waals surface area contributed by atoms with Crippen LogP contribution in [0.15, 0.2) is 16.6 Å². The van der Waals surface area contributed by atoms with Gasteiger partial charge in [-0.05, 0) is 30.5 Å². The topological polar surface area (TPSA) is 44.5 Å². The Labute approximate surface area is 116 Å². The summed E-state index contributed by atoms with van der Waals surface area (Å²) in [5, 5.41) is 0. The number of rotatable bonds is 1. The van der Waals surface area contributed by atoms with E-state index in [1.54, 1.807) is 0 Å². The number of nitrogens with two attached hydrogens (primary N) is 1. The Hall–Kier alpha value is -0.740. The normalized spacial score (nSPS) is 23.3. The van der Waals surface area contributed by atoms with Crippen LogP contribution in [0.3, 0.4) is 0 Å². The number of fused-ring (bicyclic) bond motifs is 1. The third kappa shape index (κ3) is 2.12. The summed E-state index contributed by atoms with van der Waals surface area (Å²) >= 11 is 3.59. The molecule has 1 aliphatic heterocycles. The maximum absolute atomic E-state index is 6.27.